The maximum Gasteiger partial charge on any atom is 0.191 e. The Morgan fingerprint density at radius 3 is 2.35 bits per heavy atom. The lowest BCUT2D eigenvalue weighted by Crippen LogP contribution is -2.39. The molecule has 26 heavy (non-hydrogen) atoms. The number of aliphatic imine (C=N–C) groups is 1. The zero-order valence-corrected chi connectivity index (χ0v) is 15.6. The van der Waals surface area contributed by atoms with Crippen molar-refractivity contribution in [1.29, 1.82) is 0 Å². The summed E-state index contributed by atoms with van der Waals surface area (Å²) < 4.78 is 5.68. The summed E-state index contributed by atoms with van der Waals surface area (Å²) in [7, 11) is 0. The zero-order chi connectivity index (χ0) is 18.7. The van der Waals surface area contributed by atoms with Crippen LogP contribution in [0.3, 0.4) is 0 Å². The molecule has 0 aliphatic rings. The standard InChI is InChI=1S/C21H29N3O2/c1-3-22-20(23-15-10-16-26-19-13-8-5-9-14-19)24-17-21(2,25)18-11-6-4-7-12-18/h4-9,11-14,25H,3,10,15-17H2,1-2H3,(H2,22,23,24). The molecule has 0 bridgehead atoms. The van der Waals surface area contributed by atoms with Crippen LogP contribution in [0.15, 0.2) is 65.7 Å². The molecule has 2 aromatic rings. The summed E-state index contributed by atoms with van der Waals surface area (Å²) >= 11 is 0. The number of nitrogens with zero attached hydrogens (tertiary/aromatic N) is 1. The Morgan fingerprint density at radius 2 is 1.69 bits per heavy atom. The van der Waals surface area contributed by atoms with E-state index < -0.39 is 5.60 Å². The molecule has 0 aliphatic heterocycles. The predicted molar refractivity (Wildman–Crippen MR) is 107 cm³/mol. The lowest BCUT2D eigenvalue weighted by Gasteiger charge is -2.22. The molecule has 0 heterocycles. The third-order valence-electron chi connectivity index (χ3n) is 3.91. The van der Waals surface area contributed by atoms with Gasteiger partial charge in [-0.1, -0.05) is 48.5 Å². The molecule has 0 aliphatic carbocycles. The number of para-hydroxylation sites is 1. The summed E-state index contributed by atoms with van der Waals surface area (Å²) in [6.45, 7) is 6.23. The first-order valence-corrected chi connectivity index (χ1v) is 9.10. The number of hydrogen-bond acceptors (Lipinski definition) is 3. The highest BCUT2D eigenvalue weighted by atomic mass is 16.5. The van der Waals surface area contributed by atoms with E-state index in [0.29, 0.717) is 12.6 Å². The molecule has 2 aromatic carbocycles. The maximum absolute atomic E-state index is 10.7. The highest BCUT2D eigenvalue weighted by Gasteiger charge is 2.22. The SMILES string of the molecule is CCNC(=NCC(C)(O)c1ccccc1)NCCCOc1ccccc1. The Labute approximate surface area is 156 Å². The van der Waals surface area contributed by atoms with Crippen molar-refractivity contribution in [2.45, 2.75) is 25.9 Å². The highest BCUT2D eigenvalue weighted by molar-refractivity contribution is 5.79. The molecule has 5 nitrogen and oxygen atoms in total. The normalized spacial score (nSPS) is 13.7. The molecule has 0 saturated heterocycles. The van der Waals surface area contributed by atoms with E-state index in [4.69, 9.17) is 4.74 Å². The molecule has 1 unspecified atom stereocenters. The molecule has 0 radical (unpaired) electrons. The Hall–Kier alpha value is -2.53. The molecule has 0 saturated carbocycles. The smallest absolute Gasteiger partial charge is 0.191 e. The second-order valence-electron chi connectivity index (χ2n) is 6.28. The molecule has 2 rings (SSSR count). The van der Waals surface area contributed by atoms with E-state index >= 15 is 0 Å². The third-order valence-corrected chi connectivity index (χ3v) is 3.91. The summed E-state index contributed by atoms with van der Waals surface area (Å²) in [5.41, 5.74) is -0.143. The van der Waals surface area contributed by atoms with Crippen LogP contribution in [0.2, 0.25) is 0 Å². The van der Waals surface area contributed by atoms with Gasteiger partial charge in [0.15, 0.2) is 5.96 Å². The van der Waals surface area contributed by atoms with E-state index in [1.165, 1.54) is 0 Å². The van der Waals surface area contributed by atoms with Gasteiger partial charge in [0, 0.05) is 13.1 Å². The highest BCUT2D eigenvalue weighted by Crippen LogP contribution is 2.20. The summed E-state index contributed by atoms with van der Waals surface area (Å²) in [5, 5.41) is 17.1. The summed E-state index contributed by atoms with van der Waals surface area (Å²) in [6, 6.07) is 19.4. The van der Waals surface area contributed by atoms with Gasteiger partial charge in [-0.05, 0) is 38.0 Å². The van der Waals surface area contributed by atoms with Gasteiger partial charge in [-0.3, -0.25) is 0 Å². The van der Waals surface area contributed by atoms with Crippen LogP contribution in [0.1, 0.15) is 25.8 Å². The van der Waals surface area contributed by atoms with Crippen molar-refractivity contribution in [2.24, 2.45) is 4.99 Å². The van der Waals surface area contributed by atoms with Crippen LogP contribution in [0.5, 0.6) is 5.75 Å². The Balaban J connectivity index is 1.79. The second kappa shape index (κ2) is 10.5. The van der Waals surface area contributed by atoms with E-state index in [1.54, 1.807) is 6.92 Å². The van der Waals surface area contributed by atoms with Crippen LogP contribution in [-0.2, 0) is 5.60 Å². The fraction of sp³-hybridized carbons (Fsp3) is 0.381. The third kappa shape index (κ3) is 6.76. The van der Waals surface area contributed by atoms with Gasteiger partial charge >= 0.3 is 0 Å². The molecule has 0 spiro atoms. The van der Waals surface area contributed by atoms with E-state index in [-0.39, 0.29) is 6.54 Å². The van der Waals surface area contributed by atoms with E-state index in [9.17, 15) is 5.11 Å². The number of benzene rings is 2. The maximum atomic E-state index is 10.7. The van der Waals surface area contributed by atoms with Gasteiger partial charge in [0.2, 0.25) is 0 Å². The largest absolute Gasteiger partial charge is 0.494 e. The topological polar surface area (TPSA) is 65.9 Å². The average Bonchev–Trinajstić information content (AvgIpc) is 2.67. The van der Waals surface area contributed by atoms with Crippen molar-refractivity contribution >= 4 is 5.96 Å². The number of hydrogen-bond donors (Lipinski definition) is 3. The van der Waals surface area contributed by atoms with Crippen molar-refractivity contribution in [3.63, 3.8) is 0 Å². The average molecular weight is 355 g/mol. The predicted octanol–water partition coefficient (Wildman–Crippen LogP) is 2.92. The lowest BCUT2D eigenvalue weighted by molar-refractivity contribution is 0.0672. The van der Waals surface area contributed by atoms with E-state index in [1.807, 2.05) is 67.6 Å². The number of rotatable bonds is 9. The van der Waals surface area contributed by atoms with Gasteiger partial charge in [-0.15, -0.1) is 0 Å². The van der Waals surface area contributed by atoms with Crippen LogP contribution in [0.4, 0.5) is 0 Å². The zero-order valence-electron chi connectivity index (χ0n) is 15.6. The van der Waals surface area contributed by atoms with Crippen LogP contribution in [-0.4, -0.2) is 37.3 Å². The van der Waals surface area contributed by atoms with Crippen molar-refractivity contribution in [3.05, 3.63) is 66.2 Å². The summed E-state index contributed by atoms with van der Waals surface area (Å²) in [5.74, 6) is 1.58. The first-order chi connectivity index (χ1) is 12.6. The van der Waals surface area contributed by atoms with Gasteiger partial charge in [0.25, 0.3) is 0 Å². The van der Waals surface area contributed by atoms with E-state index in [2.05, 4.69) is 15.6 Å². The van der Waals surface area contributed by atoms with Crippen LogP contribution >= 0.6 is 0 Å². The molecule has 140 valence electrons. The Bertz CT molecular complexity index is 657. The number of nitrogens with one attached hydrogen (secondary N) is 2. The van der Waals surface area contributed by atoms with Crippen molar-refractivity contribution in [2.75, 3.05) is 26.2 Å². The molecular formula is C21H29N3O2. The minimum absolute atomic E-state index is 0.285. The summed E-state index contributed by atoms with van der Waals surface area (Å²) in [4.78, 5) is 4.52. The summed E-state index contributed by atoms with van der Waals surface area (Å²) in [6.07, 6.45) is 0.856. The minimum Gasteiger partial charge on any atom is -0.494 e. The monoisotopic (exact) mass is 355 g/mol. The number of ether oxygens (including phenoxy) is 1. The van der Waals surface area contributed by atoms with Crippen molar-refractivity contribution in [3.8, 4) is 5.75 Å². The Morgan fingerprint density at radius 1 is 1.04 bits per heavy atom. The molecule has 0 amide bonds. The molecule has 5 heteroatoms. The van der Waals surface area contributed by atoms with E-state index in [0.717, 1.165) is 30.8 Å². The first-order valence-electron chi connectivity index (χ1n) is 9.10. The van der Waals surface area contributed by atoms with Gasteiger partial charge < -0.3 is 20.5 Å². The van der Waals surface area contributed by atoms with Crippen molar-refractivity contribution < 1.29 is 9.84 Å². The molecule has 3 N–H and O–H groups in total. The molecular weight excluding hydrogens is 326 g/mol. The Kier molecular flexibility index (Phi) is 7.96. The van der Waals surface area contributed by atoms with Crippen LogP contribution in [0, 0.1) is 0 Å². The fourth-order valence-corrected chi connectivity index (χ4v) is 2.45. The number of guanidine groups is 1. The van der Waals surface area contributed by atoms with Gasteiger partial charge in [-0.2, -0.15) is 0 Å². The van der Waals surface area contributed by atoms with Crippen molar-refractivity contribution in [1.82, 2.24) is 10.6 Å². The fourth-order valence-electron chi connectivity index (χ4n) is 2.45. The molecule has 0 fully saturated rings. The minimum atomic E-state index is -1.000. The quantitative estimate of drug-likeness (QED) is 0.368. The number of aliphatic hydroxyl groups is 1. The lowest BCUT2D eigenvalue weighted by atomic mass is 9.96. The second-order valence-corrected chi connectivity index (χ2v) is 6.28. The van der Waals surface area contributed by atoms with Crippen LogP contribution < -0.4 is 15.4 Å². The van der Waals surface area contributed by atoms with Gasteiger partial charge in [0.1, 0.15) is 11.4 Å². The van der Waals surface area contributed by atoms with Crippen LogP contribution in [0.25, 0.3) is 0 Å². The molecule has 1 atom stereocenters. The first kappa shape index (κ1) is 19.8. The molecule has 0 aromatic heterocycles. The van der Waals surface area contributed by atoms with Gasteiger partial charge in [-0.25, -0.2) is 4.99 Å². The van der Waals surface area contributed by atoms with Gasteiger partial charge in [0.05, 0.1) is 13.2 Å².